The zero-order valence-electron chi connectivity index (χ0n) is 11.2. The third kappa shape index (κ3) is 3.69. The van der Waals surface area contributed by atoms with Crippen LogP contribution >= 0.6 is 31.9 Å². The molecule has 4 heteroatoms. The maximum absolute atomic E-state index is 4.63. The second kappa shape index (κ2) is 6.71. The SMILES string of the molecule is CC(C)n1ccc(CC(CBr)c2ccccc2Br)n1. The topological polar surface area (TPSA) is 17.8 Å². The van der Waals surface area contributed by atoms with Crippen LogP contribution in [0, 0.1) is 0 Å². The van der Waals surface area contributed by atoms with Crippen molar-refractivity contribution in [1.82, 2.24) is 9.78 Å². The first-order valence-electron chi connectivity index (χ1n) is 6.46. The van der Waals surface area contributed by atoms with Gasteiger partial charge < -0.3 is 0 Å². The summed E-state index contributed by atoms with van der Waals surface area (Å²) < 4.78 is 3.18. The van der Waals surface area contributed by atoms with Gasteiger partial charge in [-0.15, -0.1) is 0 Å². The van der Waals surface area contributed by atoms with Crippen molar-refractivity contribution < 1.29 is 0 Å². The van der Waals surface area contributed by atoms with Gasteiger partial charge in [0.05, 0.1) is 5.69 Å². The second-order valence-corrected chi connectivity index (χ2v) is 6.46. The quantitative estimate of drug-likeness (QED) is 0.666. The van der Waals surface area contributed by atoms with E-state index in [0.29, 0.717) is 12.0 Å². The first-order valence-corrected chi connectivity index (χ1v) is 8.37. The molecule has 0 spiro atoms. The molecule has 0 bridgehead atoms. The highest BCUT2D eigenvalue weighted by Crippen LogP contribution is 2.29. The Balaban J connectivity index is 2.17. The molecular weight excluding hydrogens is 368 g/mol. The molecule has 1 heterocycles. The van der Waals surface area contributed by atoms with Crippen molar-refractivity contribution in [3.63, 3.8) is 0 Å². The summed E-state index contributed by atoms with van der Waals surface area (Å²) in [5, 5.41) is 5.57. The summed E-state index contributed by atoms with van der Waals surface area (Å²) in [6.45, 7) is 4.29. The molecule has 1 aromatic heterocycles. The fourth-order valence-electron chi connectivity index (χ4n) is 2.08. The molecule has 1 aromatic carbocycles. The van der Waals surface area contributed by atoms with Crippen LogP contribution < -0.4 is 0 Å². The molecule has 2 aromatic rings. The Kier molecular flexibility index (Phi) is 5.22. The van der Waals surface area contributed by atoms with E-state index in [1.807, 2.05) is 10.7 Å². The van der Waals surface area contributed by atoms with Crippen molar-refractivity contribution in [1.29, 1.82) is 0 Å². The molecule has 1 unspecified atom stereocenters. The zero-order chi connectivity index (χ0) is 13.8. The molecular formula is C15H18Br2N2. The van der Waals surface area contributed by atoms with Crippen LogP contribution in [-0.2, 0) is 6.42 Å². The predicted molar refractivity (Wildman–Crippen MR) is 87.0 cm³/mol. The minimum atomic E-state index is 0.416. The molecule has 0 radical (unpaired) electrons. The highest BCUT2D eigenvalue weighted by molar-refractivity contribution is 9.10. The van der Waals surface area contributed by atoms with Crippen molar-refractivity contribution >= 4 is 31.9 Å². The fourth-order valence-corrected chi connectivity index (χ4v) is 3.27. The average Bonchev–Trinajstić information content (AvgIpc) is 2.86. The van der Waals surface area contributed by atoms with Gasteiger partial charge in [-0.1, -0.05) is 50.1 Å². The van der Waals surface area contributed by atoms with E-state index in [9.17, 15) is 0 Å². The van der Waals surface area contributed by atoms with Crippen molar-refractivity contribution in [2.45, 2.75) is 32.2 Å². The molecule has 2 nitrogen and oxygen atoms in total. The lowest BCUT2D eigenvalue weighted by atomic mass is 9.96. The molecule has 19 heavy (non-hydrogen) atoms. The van der Waals surface area contributed by atoms with Crippen LogP contribution in [0.15, 0.2) is 41.0 Å². The standard InChI is InChI=1S/C15H18Br2N2/c1-11(2)19-8-7-13(18-19)9-12(10-16)14-5-3-4-6-15(14)17/h3-8,11-12H,9-10H2,1-2H3. The molecule has 0 aliphatic rings. The summed E-state index contributed by atoms with van der Waals surface area (Å²) in [7, 11) is 0. The molecule has 102 valence electrons. The molecule has 2 rings (SSSR count). The van der Waals surface area contributed by atoms with E-state index in [1.165, 1.54) is 10.0 Å². The maximum atomic E-state index is 4.63. The number of halogens is 2. The molecule has 0 fully saturated rings. The molecule has 1 atom stereocenters. The van der Waals surface area contributed by atoms with E-state index in [1.54, 1.807) is 0 Å². The summed E-state index contributed by atoms with van der Waals surface area (Å²) in [5.74, 6) is 0.436. The number of aromatic nitrogens is 2. The van der Waals surface area contributed by atoms with Gasteiger partial charge >= 0.3 is 0 Å². The third-order valence-electron chi connectivity index (χ3n) is 3.18. The van der Waals surface area contributed by atoms with E-state index >= 15 is 0 Å². The monoisotopic (exact) mass is 384 g/mol. The Hall–Kier alpha value is -0.610. The van der Waals surface area contributed by atoms with Gasteiger partial charge in [0.25, 0.3) is 0 Å². The van der Waals surface area contributed by atoms with Gasteiger partial charge in [-0.25, -0.2) is 0 Å². The van der Waals surface area contributed by atoms with E-state index in [0.717, 1.165) is 17.4 Å². The third-order valence-corrected chi connectivity index (χ3v) is 4.68. The lowest BCUT2D eigenvalue weighted by Gasteiger charge is -2.15. The lowest BCUT2D eigenvalue weighted by Crippen LogP contribution is -2.07. The first-order chi connectivity index (χ1) is 9.11. The minimum absolute atomic E-state index is 0.416. The molecule has 0 amide bonds. The minimum Gasteiger partial charge on any atom is -0.270 e. The van der Waals surface area contributed by atoms with E-state index in [4.69, 9.17) is 0 Å². The number of nitrogens with zero attached hydrogens (tertiary/aromatic N) is 2. The maximum Gasteiger partial charge on any atom is 0.0631 e. The van der Waals surface area contributed by atoms with E-state index in [2.05, 4.69) is 81.3 Å². The number of hydrogen-bond donors (Lipinski definition) is 0. The Bertz CT molecular complexity index is 534. The molecule has 0 saturated carbocycles. The largest absolute Gasteiger partial charge is 0.270 e. The lowest BCUT2D eigenvalue weighted by molar-refractivity contribution is 0.524. The highest BCUT2D eigenvalue weighted by Gasteiger charge is 2.15. The Morgan fingerprint density at radius 1 is 1.21 bits per heavy atom. The van der Waals surface area contributed by atoms with Gasteiger partial charge in [0.15, 0.2) is 0 Å². The van der Waals surface area contributed by atoms with Crippen LogP contribution in [-0.4, -0.2) is 15.1 Å². The van der Waals surface area contributed by atoms with Crippen molar-refractivity contribution in [3.05, 3.63) is 52.3 Å². The van der Waals surface area contributed by atoms with Gasteiger partial charge in [0, 0.05) is 28.0 Å². The van der Waals surface area contributed by atoms with Gasteiger partial charge in [0.1, 0.15) is 0 Å². The van der Waals surface area contributed by atoms with E-state index in [-0.39, 0.29) is 0 Å². The number of alkyl halides is 1. The van der Waals surface area contributed by atoms with Gasteiger partial charge in [0.2, 0.25) is 0 Å². The highest BCUT2D eigenvalue weighted by atomic mass is 79.9. The number of benzene rings is 1. The Labute approximate surface area is 131 Å². The van der Waals surface area contributed by atoms with Gasteiger partial charge in [-0.3, -0.25) is 4.68 Å². The second-order valence-electron chi connectivity index (χ2n) is 4.96. The number of hydrogen-bond acceptors (Lipinski definition) is 1. The molecule has 0 aliphatic heterocycles. The summed E-state index contributed by atoms with van der Waals surface area (Å²) in [5.41, 5.74) is 2.48. The molecule has 0 N–H and O–H groups in total. The van der Waals surface area contributed by atoms with Gasteiger partial charge in [-0.2, -0.15) is 5.10 Å². The zero-order valence-corrected chi connectivity index (χ0v) is 14.4. The van der Waals surface area contributed by atoms with Crippen LogP contribution in [0.5, 0.6) is 0 Å². The smallest absolute Gasteiger partial charge is 0.0631 e. The van der Waals surface area contributed by atoms with Crippen molar-refractivity contribution in [3.8, 4) is 0 Å². The van der Waals surface area contributed by atoms with Gasteiger partial charge in [-0.05, 0) is 38.0 Å². The molecule has 0 aliphatic carbocycles. The number of rotatable bonds is 5. The van der Waals surface area contributed by atoms with Crippen molar-refractivity contribution in [2.24, 2.45) is 0 Å². The average molecular weight is 386 g/mol. The summed E-state index contributed by atoms with van der Waals surface area (Å²) in [4.78, 5) is 0. The Morgan fingerprint density at radius 2 is 1.95 bits per heavy atom. The van der Waals surface area contributed by atoms with Crippen LogP contribution in [0.1, 0.15) is 37.1 Å². The van der Waals surface area contributed by atoms with E-state index < -0.39 is 0 Å². The van der Waals surface area contributed by atoms with Crippen LogP contribution in [0.3, 0.4) is 0 Å². The Morgan fingerprint density at radius 3 is 2.53 bits per heavy atom. The summed E-state index contributed by atoms with van der Waals surface area (Å²) in [6, 6.07) is 10.9. The normalized spacial score (nSPS) is 12.9. The first kappa shape index (κ1) is 14.8. The fraction of sp³-hybridized carbons (Fsp3) is 0.400. The van der Waals surface area contributed by atoms with Crippen LogP contribution in [0.25, 0.3) is 0 Å². The van der Waals surface area contributed by atoms with Crippen LogP contribution in [0.2, 0.25) is 0 Å². The predicted octanol–water partition coefficient (Wildman–Crippen LogP) is 4.95. The summed E-state index contributed by atoms with van der Waals surface area (Å²) >= 11 is 7.26. The molecule has 0 saturated heterocycles. The summed E-state index contributed by atoms with van der Waals surface area (Å²) in [6.07, 6.45) is 3.01. The van der Waals surface area contributed by atoms with Crippen LogP contribution in [0.4, 0.5) is 0 Å². The van der Waals surface area contributed by atoms with Crippen molar-refractivity contribution in [2.75, 3.05) is 5.33 Å².